The number of rotatable bonds is 10. The van der Waals surface area contributed by atoms with E-state index in [4.69, 9.17) is 18.9 Å². The summed E-state index contributed by atoms with van der Waals surface area (Å²) in [6.45, 7) is 0.681. The summed E-state index contributed by atoms with van der Waals surface area (Å²) in [6, 6.07) is 11.1. The zero-order chi connectivity index (χ0) is 22.1. The minimum absolute atomic E-state index is 0.0546. The lowest BCUT2D eigenvalue weighted by molar-refractivity contribution is 0.327. The van der Waals surface area contributed by atoms with E-state index in [1.54, 1.807) is 32.4 Å². The average Bonchev–Trinajstić information content (AvgIpc) is 2.78. The lowest BCUT2D eigenvalue weighted by Crippen LogP contribution is -2.30. The molecule has 2 rings (SSSR count). The van der Waals surface area contributed by atoms with Gasteiger partial charge >= 0.3 is 0 Å². The van der Waals surface area contributed by atoms with Crippen LogP contribution in [-0.4, -0.2) is 58.1 Å². The Morgan fingerprint density at radius 1 is 0.967 bits per heavy atom. The minimum atomic E-state index is -0.420. The molecule has 0 amide bonds. The summed E-state index contributed by atoms with van der Waals surface area (Å²) >= 11 is 0. The van der Waals surface area contributed by atoms with Gasteiger partial charge in [-0.05, 0) is 48.9 Å². The van der Waals surface area contributed by atoms with Crippen LogP contribution in [0.3, 0.4) is 0 Å². The third-order valence-corrected chi connectivity index (χ3v) is 4.78. The Balaban J connectivity index is 2.08. The molecule has 0 bridgehead atoms. The Hall–Kier alpha value is -3.37. The number of likely N-dealkylation sites (N-methyl/N-ethyl adjacent to an activating group) is 1. The molecule has 1 unspecified atom stereocenters. The summed E-state index contributed by atoms with van der Waals surface area (Å²) in [5, 5.41) is 19.6. The van der Waals surface area contributed by atoms with Crippen molar-refractivity contribution in [2.45, 2.75) is 12.5 Å². The molecule has 0 aliphatic carbocycles. The Bertz CT molecular complexity index is 895. The number of benzene rings is 2. The number of nitrogens with zero attached hydrogens (tertiary/aromatic N) is 2. The third-order valence-electron chi connectivity index (χ3n) is 4.78. The van der Waals surface area contributed by atoms with E-state index in [0.29, 0.717) is 29.5 Å². The van der Waals surface area contributed by atoms with Gasteiger partial charge in [-0.2, -0.15) is 5.26 Å². The molecule has 7 heteroatoms. The summed E-state index contributed by atoms with van der Waals surface area (Å²) < 4.78 is 21.0. The number of hydrogen-bond donors (Lipinski definition) is 1. The first-order valence-electron chi connectivity index (χ1n) is 9.41. The SMILES string of the molecule is COc1ccc(CCN(C)C(C#N)C=Cc2cc(OC)c(O)c(OC)c2)cc1OC. The maximum Gasteiger partial charge on any atom is 0.200 e. The molecule has 0 fully saturated rings. The molecule has 1 atom stereocenters. The Morgan fingerprint density at radius 3 is 2.10 bits per heavy atom. The van der Waals surface area contributed by atoms with Crippen molar-refractivity contribution in [2.75, 3.05) is 42.0 Å². The second kappa shape index (κ2) is 11.0. The van der Waals surface area contributed by atoms with Crippen molar-refractivity contribution in [3.05, 3.63) is 47.5 Å². The standard InChI is InChI=1S/C23H28N2O5/c1-25(11-10-16-7-9-19(27-2)20(12-16)28-3)18(15-24)8-6-17-13-21(29-4)23(26)22(14-17)30-5/h6-9,12-14,18,26H,10-11H2,1-5H3. The van der Waals surface area contributed by atoms with Crippen LogP contribution in [0.1, 0.15) is 11.1 Å². The van der Waals surface area contributed by atoms with Gasteiger partial charge in [0.15, 0.2) is 23.0 Å². The molecule has 0 radical (unpaired) electrons. The first-order valence-corrected chi connectivity index (χ1v) is 9.41. The second-order valence-electron chi connectivity index (χ2n) is 6.63. The number of phenolic OH excluding ortho intramolecular Hbond substituents is 1. The maximum absolute atomic E-state index is 10.0. The van der Waals surface area contributed by atoms with Crippen LogP contribution < -0.4 is 18.9 Å². The van der Waals surface area contributed by atoms with E-state index in [9.17, 15) is 10.4 Å². The van der Waals surface area contributed by atoms with Crippen molar-refractivity contribution in [1.82, 2.24) is 4.90 Å². The molecular weight excluding hydrogens is 384 g/mol. The quantitative estimate of drug-likeness (QED) is 0.639. The van der Waals surface area contributed by atoms with E-state index in [2.05, 4.69) is 6.07 Å². The van der Waals surface area contributed by atoms with E-state index in [-0.39, 0.29) is 5.75 Å². The average molecular weight is 412 g/mol. The normalized spacial score (nSPS) is 11.9. The molecule has 0 spiro atoms. The predicted octanol–water partition coefficient (Wildman–Crippen LogP) is 3.51. The highest BCUT2D eigenvalue weighted by atomic mass is 16.5. The molecule has 0 heterocycles. The fraction of sp³-hybridized carbons (Fsp3) is 0.348. The fourth-order valence-corrected chi connectivity index (χ4v) is 2.98. The minimum Gasteiger partial charge on any atom is -0.502 e. The number of phenols is 1. The van der Waals surface area contributed by atoms with E-state index >= 15 is 0 Å². The zero-order valence-corrected chi connectivity index (χ0v) is 18.0. The first kappa shape index (κ1) is 22.9. The van der Waals surface area contributed by atoms with Crippen LogP contribution >= 0.6 is 0 Å². The van der Waals surface area contributed by atoms with Crippen LogP contribution in [0.15, 0.2) is 36.4 Å². The van der Waals surface area contributed by atoms with E-state index in [1.807, 2.05) is 36.2 Å². The Labute approximate surface area is 177 Å². The maximum atomic E-state index is 10.0. The van der Waals surface area contributed by atoms with Gasteiger partial charge in [0.1, 0.15) is 6.04 Å². The molecule has 2 aromatic rings. The molecule has 0 saturated carbocycles. The lowest BCUT2D eigenvalue weighted by Gasteiger charge is -2.20. The highest BCUT2D eigenvalue weighted by Gasteiger charge is 2.13. The van der Waals surface area contributed by atoms with Gasteiger partial charge in [0, 0.05) is 6.54 Å². The number of ether oxygens (including phenoxy) is 4. The van der Waals surface area contributed by atoms with Crippen molar-refractivity contribution in [2.24, 2.45) is 0 Å². The number of methoxy groups -OCH3 is 4. The predicted molar refractivity (Wildman–Crippen MR) is 116 cm³/mol. The summed E-state index contributed by atoms with van der Waals surface area (Å²) in [6.07, 6.45) is 4.37. The highest BCUT2D eigenvalue weighted by Crippen LogP contribution is 2.37. The van der Waals surface area contributed by atoms with Gasteiger partial charge in [-0.1, -0.05) is 18.2 Å². The van der Waals surface area contributed by atoms with E-state index in [0.717, 1.165) is 17.5 Å². The van der Waals surface area contributed by atoms with Gasteiger partial charge in [0.2, 0.25) is 5.75 Å². The van der Waals surface area contributed by atoms with Crippen molar-refractivity contribution in [3.63, 3.8) is 0 Å². The Morgan fingerprint density at radius 2 is 1.57 bits per heavy atom. The van der Waals surface area contributed by atoms with Crippen LogP contribution in [0.2, 0.25) is 0 Å². The smallest absolute Gasteiger partial charge is 0.200 e. The van der Waals surface area contributed by atoms with E-state index in [1.165, 1.54) is 14.2 Å². The molecule has 2 aromatic carbocycles. The van der Waals surface area contributed by atoms with Gasteiger partial charge in [-0.3, -0.25) is 4.90 Å². The molecular formula is C23H28N2O5. The number of hydrogen-bond acceptors (Lipinski definition) is 7. The Kier molecular flexibility index (Phi) is 8.39. The summed E-state index contributed by atoms with van der Waals surface area (Å²) in [5.41, 5.74) is 1.85. The van der Waals surface area contributed by atoms with Crippen molar-refractivity contribution >= 4 is 6.08 Å². The van der Waals surface area contributed by atoms with Gasteiger partial charge in [0.25, 0.3) is 0 Å². The topological polar surface area (TPSA) is 84.2 Å². The van der Waals surface area contributed by atoms with Crippen LogP contribution in [-0.2, 0) is 6.42 Å². The van der Waals surface area contributed by atoms with Gasteiger partial charge in [-0.25, -0.2) is 0 Å². The van der Waals surface area contributed by atoms with Crippen molar-refractivity contribution in [3.8, 4) is 34.8 Å². The summed E-state index contributed by atoms with van der Waals surface area (Å²) in [5.74, 6) is 1.94. The molecule has 160 valence electrons. The molecule has 1 N–H and O–H groups in total. The third kappa shape index (κ3) is 5.58. The zero-order valence-electron chi connectivity index (χ0n) is 18.0. The molecule has 0 saturated heterocycles. The summed E-state index contributed by atoms with van der Waals surface area (Å²) in [7, 11) is 8.06. The number of aromatic hydroxyl groups is 1. The van der Waals surface area contributed by atoms with Crippen molar-refractivity contribution < 1.29 is 24.1 Å². The largest absolute Gasteiger partial charge is 0.502 e. The summed E-state index contributed by atoms with van der Waals surface area (Å²) in [4.78, 5) is 1.96. The van der Waals surface area contributed by atoms with Crippen LogP contribution in [0.4, 0.5) is 0 Å². The van der Waals surface area contributed by atoms with Gasteiger partial charge < -0.3 is 24.1 Å². The number of nitriles is 1. The van der Waals surface area contributed by atoms with Crippen LogP contribution in [0, 0.1) is 11.3 Å². The second-order valence-corrected chi connectivity index (χ2v) is 6.63. The monoisotopic (exact) mass is 412 g/mol. The van der Waals surface area contributed by atoms with Crippen LogP contribution in [0.5, 0.6) is 28.7 Å². The molecule has 0 aliphatic rings. The van der Waals surface area contributed by atoms with Gasteiger partial charge in [-0.15, -0.1) is 0 Å². The molecule has 30 heavy (non-hydrogen) atoms. The highest BCUT2D eigenvalue weighted by molar-refractivity contribution is 5.62. The van der Waals surface area contributed by atoms with Crippen LogP contribution in [0.25, 0.3) is 6.08 Å². The fourth-order valence-electron chi connectivity index (χ4n) is 2.98. The molecule has 0 aliphatic heterocycles. The van der Waals surface area contributed by atoms with E-state index < -0.39 is 6.04 Å². The lowest BCUT2D eigenvalue weighted by atomic mass is 10.1. The molecule has 7 nitrogen and oxygen atoms in total. The molecule has 0 aromatic heterocycles. The first-order chi connectivity index (χ1) is 14.5. The van der Waals surface area contributed by atoms with Crippen molar-refractivity contribution in [1.29, 1.82) is 5.26 Å². The van der Waals surface area contributed by atoms with Gasteiger partial charge in [0.05, 0.1) is 34.5 Å².